The first-order chi connectivity index (χ1) is 6.96. The number of carbonyl (C=O) groups excluding carboxylic acids is 1. The van der Waals surface area contributed by atoms with Crippen LogP contribution in [0, 0.1) is 17.8 Å². The van der Waals surface area contributed by atoms with Crippen molar-refractivity contribution in [2.45, 2.75) is 39.2 Å². The molecule has 3 heteroatoms. The summed E-state index contributed by atoms with van der Waals surface area (Å²) in [5.41, 5.74) is 6.05. The van der Waals surface area contributed by atoms with E-state index in [1.165, 1.54) is 0 Å². The summed E-state index contributed by atoms with van der Waals surface area (Å²) < 4.78 is 0. The number of hydrogen-bond donors (Lipinski definition) is 1. The third kappa shape index (κ3) is 3.24. The van der Waals surface area contributed by atoms with Crippen LogP contribution in [0.3, 0.4) is 0 Å². The van der Waals surface area contributed by atoms with Crippen LogP contribution >= 0.6 is 0 Å². The Bertz CT molecular complexity index is 268. The van der Waals surface area contributed by atoms with E-state index < -0.39 is 6.04 Å². The lowest BCUT2D eigenvalue weighted by atomic mass is 9.82. The first-order valence-corrected chi connectivity index (χ1v) is 5.44. The van der Waals surface area contributed by atoms with E-state index in [1.807, 2.05) is 4.90 Å². The van der Waals surface area contributed by atoms with E-state index in [0.717, 1.165) is 25.9 Å². The molecule has 1 atom stereocenters. The van der Waals surface area contributed by atoms with E-state index in [-0.39, 0.29) is 5.91 Å². The van der Waals surface area contributed by atoms with Gasteiger partial charge in [0, 0.05) is 19.5 Å². The lowest BCUT2D eigenvalue weighted by molar-refractivity contribution is -0.134. The molecule has 1 fully saturated rings. The molecule has 0 bridgehead atoms. The van der Waals surface area contributed by atoms with Crippen molar-refractivity contribution in [2.24, 2.45) is 11.1 Å². The Labute approximate surface area is 92.0 Å². The second-order valence-electron chi connectivity index (χ2n) is 5.00. The summed E-state index contributed by atoms with van der Waals surface area (Å²) >= 11 is 0. The minimum absolute atomic E-state index is 0.00319. The van der Waals surface area contributed by atoms with Crippen LogP contribution in [0.15, 0.2) is 0 Å². The molecule has 0 aromatic heterocycles. The second-order valence-corrected chi connectivity index (χ2v) is 5.00. The van der Waals surface area contributed by atoms with Crippen molar-refractivity contribution in [3.05, 3.63) is 0 Å². The third-order valence-electron chi connectivity index (χ3n) is 3.08. The summed E-state index contributed by atoms with van der Waals surface area (Å²) in [5, 5.41) is 0. The molecular formula is C12H20N2O. The highest BCUT2D eigenvalue weighted by Gasteiger charge is 2.29. The van der Waals surface area contributed by atoms with Gasteiger partial charge < -0.3 is 10.6 Å². The quantitative estimate of drug-likeness (QED) is 0.688. The van der Waals surface area contributed by atoms with Crippen molar-refractivity contribution in [1.82, 2.24) is 4.90 Å². The Morgan fingerprint density at radius 1 is 1.53 bits per heavy atom. The van der Waals surface area contributed by atoms with E-state index in [4.69, 9.17) is 12.2 Å². The predicted molar refractivity (Wildman–Crippen MR) is 61.0 cm³/mol. The number of piperidine rings is 1. The molecule has 84 valence electrons. The molecule has 1 rings (SSSR count). The average Bonchev–Trinajstić information content (AvgIpc) is 2.17. The summed E-state index contributed by atoms with van der Waals surface area (Å²) in [6.07, 6.45) is 7.56. The maximum absolute atomic E-state index is 11.8. The van der Waals surface area contributed by atoms with E-state index in [0.29, 0.717) is 11.8 Å². The lowest BCUT2D eigenvalue weighted by Gasteiger charge is -2.37. The number of carbonyl (C=O) groups is 1. The number of hydrogen-bond acceptors (Lipinski definition) is 2. The highest BCUT2D eigenvalue weighted by molar-refractivity contribution is 5.82. The number of nitrogens with two attached hydrogens (primary N) is 1. The van der Waals surface area contributed by atoms with Gasteiger partial charge in [0.15, 0.2) is 0 Å². The molecule has 0 aromatic rings. The molecule has 3 nitrogen and oxygen atoms in total. The predicted octanol–water partition coefficient (Wildman–Crippen LogP) is 0.986. The number of rotatable bonds is 2. The molecule has 0 radical (unpaired) electrons. The number of likely N-dealkylation sites (tertiary alicyclic amines) is 1. The molecule has 1 saturated heterocycles. The molecule has 1 heterocycles. The van der Waals surface area contributed by atoms with Crippen molar-refractivity contribution in [1.29, 1.82) is 0 Å². The molecule has 1 amide bonds. The lowest BCUT2D eigenvalue weighted by Crippen LogP contribution is -2.48. The fourth-order valence-electron chi connectivity index (χ4n) is 1.78. The van der Waals surface area contributed by atoms with Gasteiger partial charge in [0.05, 0.1) is 6.04 Å². The largest absolute Gasteiger partial charge is 0.341 e. The van der Waals surface area contributed by atoms with Crippen LogP contribution in [0.1, 0.15) is 33.1 Å². The zero-order chi connectivity index (χ0) is 11.5. The Kier molecular flexibility index (Phi) is 3.76. The van der Waals surface area contributed by atoms with E-state index in [2.05, 4.69) is 19.8 Å². The Morgan fingerprint density at radius 3 is 2.53 bits per heavy atom. The molecule has 15 heavy (non-hydrogen) atoms. The van der Waals surface area contributed by atoms with Crippen LogP contribution in [-0.4, -0.2) is 29.9 Å². The van der Waals surface area contributed by atoms with Gasteiger partial charge >= 0.3 is 0 Å². The van der Waals surface area contributed by atoms with E-state index in [1.54, 1.807) is 0 Å². The van der Waals surface area contributed by atoms with Crippen molar-refractivity contribution in [3.63, 3.8) is 0 Å². The van der Waals surface area contributed by atoms with Gasteiger partial charge in [-0.1, -0.05) is 13.8 Å². The van der Waals surface area contributed by atoms with E-state index in [9.17, 15) is 4.79 Å². The molecule has 1 aliphatic heterocycles. The van der Waals surface area contributed by atoms with Crippen molar-refractivity contribution in [2.75, 3.05) is 13.1 Å². The molecule has 1 unspecified atom stereocenters. The number of nitrogens with zero attached hydrogens (tertiary/aromatic N) is 1. The minimum Gasteiger partial charge on any atom is -0.341 e. The fourth-order valence-corrected chi connectivity index (χ4v) is 1.78. The number of amides is 1. The van der Waals surface area contributed by atoms with Crippen LogP contribution in [0.4, 0.5) is 0 Å². The summed E-state index contributed by atoms with van der Waals surface area (Å²) in [5.74, 6) is 2.43. The first kappa shape index (κ1) is 12.1. The van der Waals surface area contributed by atoms with Gasteiger partial charge in [-0.25, -0.2) is 0 Å². The summed E-state index contributed by atoms with van der Waals surface area (Å²) in [7, 11) is 0. The van der Waals surface area contributed by atoms with Crippen molar-refractivity contribution < 1.29 is 4.79 Å². The fraction of sp³-hybridized carbons (Fsp3) is 0.750. The van der Waals surface area contributed by atoms with E-state index >= 15 is 0 Å². The van der Waals surface area contributed by atoms with Gasteiger partial charge in [0.25, 0.3) is 0 Å². The van der Waals surface area contributed by atoms with Gasteiger partial charge in [-0.15, -0.1) is 12.3 Å². The highest BCUT2D eigenvalue weighted by Crippen LogP contribution is 2.29. The summed E-state index contributed by atoms with van der Waals surface area (Å²) in [6, 6.07) is -0.517. The zero-order valence-corrected chi connectivity index (χ0v) is 9.62. The smallest absolute Gasteiger partial charge is 0.240 e. The van der Waals surface area contributed by atoms with Gasteiger partial charge in [-0.05, 0) is 18.3 Å². The molecule has 2 N–H and O–H groups in total. The standard InChI is InChI=1S/C12H20N2O/c1-4-5-10(13)11(15)14-8-6-12(2,3)7-9-14/h1,10H,5-9,13H2,2-3H3. The molecule has 0 aromatic carbocycles. The van der Waals surface area contributed by atoms with Crippen molar-refractivity contribution >= 4 is 5.91 Å². The van der Waals surface area contributed by atoms with Gasteiger partial charge in [0.2, 0.25) is 5.91 Å². The normalized spacial score (nSPS) is 21.9. The molecule has 0 aliphatic carbocycles. The zero-order valence-electron chi connectivity index (χ0n) is 9.62. The molecule has 1 aliphatic rings. The Balaban J connectivity index is 2.47. The maximum Gasteiger partial charge on any atom is 0.240 e. The van der Waals surface area contributed by atoms with Crippen LogP contribution in [0.25, 0.3) is 0 Å². The van der Waals surface area contributed by atoms with Crippen LogP contribution in [0.2, 0.25) is 0 Å². The average molecular weight is 208 g/mol. The SMILES string of the molecule is C#CCC(N)C(=O)N1CCC(C)(C)CC1. The maximum atomic E-state index is 11.8. The monoisotopic (exact) mass is 208 g/mol. The second kappa shape index (κ2) is 4.67. The van der Waals surface area contributed by atoms with Gasteiger partial charge in [-0.3, -0.25) is 4.79 Å². The van der Waals surface area contributed by atoms with Crippen LogP contribution in [-0.2, 0) is 4.79 Å². The first-order valence-electron chi connectivity index (χ1n) is 5.44. The molecule has 0 saturated carbocycles. The molecular weight excluding hydrogens is 188 g/mol. The highest BCUT2D eigenvalue weighted by atomic mass is 16.2. The minimum atomic E-state index is -0.517. The Morgan fingerprint density at radius 2 is 2.07 bits per heavy atom. The van der Waals surface area contributed by atoms with Gasteiger partial charge in [-0.2, -0.15) is 0 Å². The molecule has 0 spiro atoms. The van der Waals surface area contributed by atoms with Crippen LogP contribution < -0.4 is 5.73 Å². The van der Waals surface area contributed by atoms with Gasteiger partial charge in [0.1, 0.15) is 0 Å². The Hall–Kier alpha value is -1.01. The summed E-state index contributed by atoms with van der Waals surface area (Å²) in [4.78, 5) is 13.6. The van der Waals surface area contributed by atoms with Crippen LogP contribution in [0.5, 0.6) is 0 Å². The summed E-state index contributed by atoms with van der Waals surface area (Å²) in [6.45, 7) is 6.08. The topological polar surface area (TPSA) is 46.3 Å². The third-order valence-corrected chi connectivity index (χ3v) is 3.08. The number of terminal acetylenes is 1. The van der Waals surface area contributed by atoms with Crippen molar-refractivity contribution in [3.8, 4) is 12.3 Å².